The number of amides is 1. The molecule has 0 aliphatic heterocycles. The third kappa shape index (κ3) is 4.22. The highest BCUT2D eigenvalue weighted by Crippen LogP contribution is 2.28. The number of anilines is 1. The van der Waals surface area contributed by atoms with Crippen LogP contribution in [0, 0.1) is 0 Å². The van der Waals surface area contributed by atoms with E-state index in [0.717, 1.165) is 14.8 Å². The van der Waals surface area contributed by atoms with Crippen molar-refractivity contribution in [1.29, 1.82) is 0 Å². The topological polar surface area (TPSA) is 99.8 Å². The number of hydrogen-bond donors (Lipinski definition) is 1. The van der Waals surface area contributed by atoms with Gasteiger partial charge in [0.15, 0.2) is 5.65 Å². The predicted octanol–water partition coefficient (Wildman–Crippen LogP) is 2.87. The summed E-state index contributed by atoms with van der Waals surface area (Å²) >= 11 is 5.92. The summed E-state index contributed by atoms with van der Waals surface area (Å²) in [5.41, 5.74) is 1.60. The van der Waals surface area contributed by atoms with Crippen LogP contribution in [0.2, 0.25) is 5.02 Å². The highest BCUT2D eigenvalue weighted by Gasteiger charge is 2.15. The molecule has 0 radical (unpaired) electrons. The van der Waals surface area contributed by atoms with Gasteiger partial charge in [0.2, 0.25) is 5.91 Å². The summed E-state index contributed by atoms with van der Waals surface area (Å²) in [6, 6.07) is 15.5. The van der Waals surface area contributed by atoms with Crippen molar-refractivity contribution < 1.29 is 14.3 Å². The van der Waals surface area contributed by atoms with E-state index < -0.39 is 11.6 Å². The Morgan fingerprint density at radius 1 is 1.03 bits per heavy atom. The maximum absolute atomic E-state index is 12.7. The lowest BCUT2D eigenvalue weighted by atomic mass is 10.1. The number of rotatable bonds is 6. The van der Waals surface area contributed by atoms with E-state index in [-0.39, 0.29) is 6.54 Å². The van der Waals surface area contributed by atoms with E-state index in [2.05, 4.69) is 15.5 Å². The minimum atomic E-state index is -0.529. The molecule has 0 aliphatic carbocycles. The van der Waals surface area contributed by atoms with Gasteiger partial charge in [-0.15, -0.1) is 5.10 Å². The summed E-state index contributed by atoms with van der Waals surface area (Å²) in [7, 11) is 3.02. The van der Waals surface area contributed by atoms with Crippen LogP contribution in [0.4, 0.5) is 5.69 Å². The van der Waals surface area contributed by atoms with Crippen molar-refractivity contribution in [2.45, 2.75) is 6.54 Å². The number of nitrogens with one attached hydrogen (secondary N) is 1. The van der Waals surface area contributed by atoms with Gasteiger partial charge in [-0.25, -0.2) is 9.48 Å². The molecule has 0 bridgehead atoms. The van der Waals surface area contributed by atoms with Crippen LogP contribution < -0.4 is 20.5 Å². The molecule has 0 saturated heterocycles. The van der Waals surface area contributed by atoms with E-state index in [1.807, 2.05) is 0 Å². The Labute approximate surface area is 181 Å². The van der Waals surface area contributed by atoms with Crippen molar-refractivity contribution in [3.63, 3.8) is 0 Å². The van der Waals surface area contributed by atoms with Crippen molar-refractivity contribution >= 4 is 28.8 Å². The zero-order valence-electron chi connectivity index (χ0n) is 16.7. The highest BCUT2D eigenvalue weighted by molar-refractivity contribution is 6.30. The maximum Gasteiger partial charge on any atom is 0.367 e. The standard InChI is InChI=1S/C21H18ClN5O4/c1-30-15-7-9-18(31-2)17(11-15)23-20(28)12-26-21(29)27-19(25-26)10-8-16(24-27)13-3-5-14(22)6-4-13/h3-11H,12H2,1-2H3,(H,23,28). The molecule has 9 nitrogen and oxygen atoms in total. The number of carbonyl (C=O) groups excluding carboxylic acids is 1. The predicted molar refractivity (Wildman–Crippen MR) is 116 cm³/mol. The van der Waals surface area contributed by atoms with E-state index in [4.69, 9.17) is 21.1 Å². The molecular formula is C21H18ClN5O4. The zero-order valence-corrected chi connectivity index (χ0v) is 17.5. The lowest BCUT2D eigenvalue weighted by Crippen LogP contribution is -2.29. The third-order valence-electron chi connectivity index (χ3n) is 4.55. The van der Waals surface area contributed by atoms with E-state index in [1.165, 1.54) is 14.2 Å². The number of fused-ring (bicyclic) bond motifs is 1. The van der Waals surface area contributed by atoms with Gasteiger partial charge in [-0.05, 0) is 36.4 Å². The lowest BCUT2D eigenvalue weighted by Gasteiger charge is -2.11. The normalized spacial score (nSPS) is 10.8. The molecule has 0 atom stereocenters. The van der Waals surface area contributed by atoms with Crippen LogP contribution in [0.3, 0.4) is 0 Å². The summed E-state index contributed by atoms with van der Waals surface area (Å²) < 4.78 is 12.6. The van der Waals surface area contributed by atoms with Crippen LogP contribution in [0.1, 0.15) is 0 Å². The summed E-state index contributed by atoms with van der Waals surface area (Å²) in [4.78, 5) is 25.3. The first-order valence-corrected chi connectivity index (χ1v) is 9.61. The van der Waals surface area contributed by atoms with Crippen molar-refractivity contribution in [2.24, 2.45) is 0 Å². The lowest BCUT2D eigenvalue weighted by molar-refractivity contribution is -0.117. The van der Waals surface area contributed by atoms with Gasteiger partial charge < -0.3 is 14.8 Å². The molecule has 31 heavy (non-hydrogen) atoms. The largest absolute Gasteiger partial charge is 0.497 e. The molecule has 0 aliphatic rings. The molecule has 1 amide bonds. The second kappa shape index (κ2) is 8.49. The van der Waals surface area contributed by atoms with Crippen molar-refractivity contribution in [3.05, 3.63) is 70.1 Å². The van der Waals surface area contributed by atoms with Crippen LogP contribution in [0.5, 0.6) is 11.5 Å². The molecule has 4 aromatic rings. The van der Waals surface area contributed by atoms with Gasteiger partial charge >= 0.3 is 5.69 Å². The molecule has 0 fully saturated rings. The zero-order chi connectivity index (χ0) is 22.0. The second-order valence-corrected chi connectivity index (χ2v) is 6.99. The Morgan fingerprint density at radius 2 is 1.81 bits per heavy atom. The number of aromatic nitrogens is 4. The minimum Gasteiger partial charge on any atom is -0.497 e. The second-order valence-electron chi connectivity index (χ2n) is 6.55. The molecule has 2 heterocycles. The average molecular weight is 440 g/mol. The highest BCUT2D eigenvalue weighted by atomic mass is 35.5. The van der Waals surface area contributed by atoms with Crippen molar-refractivity contribution in [2.75, 3.05) is 19.5 Å². The molecule has 158 valence electrons. The fourth-order valence-corrected chi connectivity index (χ4v) is 3.15. The smallest absolute Gasteiger partial charge is 0.367 e. The van der Waals surface area contributed by atoms with Gasteiger partial charge in [-0.3, -0.25) is 4.79 Å². The first-order chi connectivity index (χ1) is 15.0. The van der Waals surface area contributed by atoms with E-state index in [0.29, 0.717) is 33.6 Å². The van der Waals surface area contributed by atoms with E-state index in [9.17, 15) is 9.59 Å². The van der Waals surface area contributed by atoms with Gasteiger partial charge in [0.25, 0.3) is 0 Å². The average Bonchev–Trinajstić information content (AvgIpc) is 3.08. The van der Waals surface area contributed by atoms with Gasteiger partial charge in [-0.1, -0.05) is 23.7 Å². The van der Waals surface area contributed by atoms with Crippen LogP contribution in [-0.4, -0.2) is 39.5 Å². The number of benzene rings is 2. The first-order valence-electron chi connectivity index (χ1n) is 9.23. The summed E-state index contributed by atoms with van der Waals surface area (Å²) in [5, 5.41) is 11.8. The molecule has 2 aromatic carbocycles. The van der Waals surface area contributed by atoms with Crippen LogP contribution in [-0.2, 0) is 11.3 Å². The minimum absolute atomic E-state index is 0.293. The Hall–Kier alpha value is -3.85. The maximum atomic E-state index is 12.7. The Morgan fingerprint density at radius 3 is 2.52 bits per heavy atom. The molecule has 0 spiro atoms. The van der Waals surface area contributed by atoms with Crippen molar-refractivity contribution in [1.82, 2.24) is 19.4 Å². The number of methoxy groups -OCH3 is 2. The molecule has 2 aromatic heterocycles. The summed E-state index contributed by atoms with van der Waals surface area (Å²) in [6.07, 6.45) is 0. The number of carbonyl (C=O) groups is 1. The molecule has 1 N–H and O–H groups in total. The van der Waals surface area contributed by atoms with Crippen LogP contribution in [0.25, 0.3) is 16.9 Å². The van der Waals surface area contributed by atoms with Gasteiger partial charge in [0, 0.05) is 16.7 Å². The SMILES string of the molecule is COc1ccc(OC)c(NC(=O)Cn2nc3ccc(-c4ccc(Cl)cc4)nn3c2=O)c1. The molecule has 0 saturated carbocycles. The first kappa shape index (κ1) is 20.4. The van der Waals surface area contributed by atoms with Crippen molar-refractivity contribution in [3.8, 4) is 22.8 Å². The third-order valence-corrected chi connectivity index (χ3v) is 4.81. The number of ether oxygens (including phenoxy) is 2. The van der Waals surface area contributed by atoms with Crippen LogP contribution in [0.15, 0.2) is 59.4 Å². The summed E-state index contributed by atoms with van der Waals surface area (Å²) in [6.45, 7) is -0.293. The number of halogens is 1. The van der Waals surface area contributed by atoms with Gasteiger partial charge in [0.1, 0.15) is 18.0 Å². The van der Waals surface area contributed by atoms with E-state index in [1.54, 1.807) is 54.6 Å². The summed E-state index contributed by atoms with van der Waals surface area (Å²) in [5.74, 6) is 0.570. The Kier molecular flexibility index (Phi) is 5.59. The Bertz CT molecular complexity index is 1310. The number of hydrogen-bond acceptors (Lipinski definition) is 6. The van der Waals surface area contributed by atoms with Gasteiger partial charge in [-0.2, -0.15) is 9.61 Å². The molecule has 0 unspecified atom stereocenters. The molecule has 4 rings (SSSR count). The Balaban J connectivity index is 1.59. The van der Waals surface area contributed by atoms with E-state index >= 15 is 0 Å². The van der Waals surface area contributed by atoms with Gasteiger partial charge in [0.05, 0.1) is 25.6 Å². The fourth-order valence-electron chi connectivity index (χ4n) is 3.02. The molecular weight excluding hydrogens is 422 g/mol. The quantitative estimate of drug-likeness (QED) is 0.496. The molecule has 10 heteroatoms. The number of nitrogens with zero attached hydrogens (tertiary/aromatic N) is 4. The fraction of sp³-hybridized carbons (Fsp3) is 0.143. The van der Waals surface area contributed by atoms with Crippen LogP contribution >= 0.6 is 11.6 Å². The monoisotopic (exact) mass is 439 g/mol.